The summed E-state index contributed by atoms with van der Waals surface area (Å²) in [7, 11) is 0. The molecule has 0 bridgehead atoms. The number of hydrogen-bond acceptors (Lipinski definition) is 2. The van der Waals surface area contributed by atoms with Gasteiger partial charge < -0.3 is 5.11 Å². The van der Waals surface area contributed by atoms with Gasteiger partial charge in [0.25, 0.3) is 0 Å². The predicted octanol–water partition coefficient (Wildman–Crippen LogP) is 3.16. The van der Waals surface area contributed by atoms with E-state index in [2.05, 4.69) is 13.8 Å². The van der Waals surface area contributed by atoms with Gasteiger partial charge in [0.05, 0.1) is 6.42 Å². The van der Waals surface area contributed by atoms with E-state index in [1.54, 1.807) is 0 Å². The van der Waals surface area contributed by atoms with Gasteiger partial charge in [-0.25, -0.2) is 0 Å². The first-order valence-electron chi connectivity index (χ1n) is 5.45. The lowest BCUT2D eigenvalue weighted by molar-refractivity contribution is -0.138. The van der Waals surface area contributed by atoms with E-state index in [4.69, 9.17) is 5.11 Å². The van der Waals surface area contributed by atoms with Crippen LogP contribution in [0, 0.1) is 5.41 Å². The Labute approximate surface area is 90.5 Å². The lowest BCUT2D eigenvalue weighted by Gasteiger charge is -2.16. The largest absolute Gasteiger partial charge is 0.481 e. The Morgan fingerprint density at radius 2 is 2.00 bits per heavy atom. The molecule has 0 heterocycles. The van der Waals surface area contributed by atoms with Crippen LogP contribution in [-0.4, -0.2) is 22.1 Å². The van der Waals surface area contributed by atoms with Gasteiger partial charge in [-0.3, -0.25) is 4.79 Å². The zero-order chi connectivity index (χ0) is 10.6. The highest BCUT2D eigenvalue weighted by molar-refractivity contribution is 7.99. The van der Waals surface area contributed by atoms with E-state index in [1.165, 1.54) is 12.8 Å². The molecule has 0 spiro atoms. The molecule has 0 aromatic heterocycles. The fourth-order valence-electron chi connectivity index (χ4n) is 1.69. The topological polar surface area (TPSA) is 37.3 Å². The lowest BCUT2D eigenvalue weighted by atomic mass is 10.1. The molecule has 0 aromatic carbocycles. The Bertz CT molecular complexity index is 195. The Morgan fingerprint density at radius 3 is 2.36 bits per heavy atom. The van der Waals surface area contributed by atoms with Gasteiger partial charge >= 0.3 is 5.97 Å². The van der Waals surface area contributed by atoms with E-state index < -0.39 is 5.97 Å². The van der Waals surface area contributed by atoms with Crippen molar-refractivity contribution < 1.29 is 9.90 Å². The van der Waals surface area contributed by atoms with Crippen molar-refractivity contribution in [1.29, 1.82) is 0 Å². The number of rotatable bonds is 7. The molecule has 1 saturated carbocycles. The van der Waals surface area contributed by atoms with Crippen molar-refractivity contribution in [3.8, 4) is 0 Å². The minimum atomic E-state index is -0.632. The first-order valence-corrected chi connectivity index (χ1v) is 6.50. The Balaban J connectivity index is 2.26. The van der Waals surface area contributed by atoms with Gasteiger partial charge in [-0.05, 0) is 36.9 Å². The number of aliphatic carboxylic acids is 1. The van der Waals surface area contributed by atoms with E-state index in [0.29, 0.717) is 6.42 Å². The molecule has 0 amide bonds. The van der Waals surface area contributed by atoms with Crippen molar-refractivity contribution in [2.24, 2.45) is 5.41 Å². The van der Waals surface area contributed by atoms with E-state index in [0.717, 1.165) is 23.8 Å². The molecule has 0 atom stereocenters. The van der Waals surface area contributed by atoms with E-state index in [1.807, 2.05) is 11.8 Å². The molecule has 1 N–H and O–H groups in total. The van der Waals surface area contributed by atoms with Gasteiger partial charge in [0.1, 0.15) is 0 Å². The minimum Gasteiger partial charge on any atom is -0.481 e. The maximum absolute atomic E-state index is 10.6. The summed E-state index contributed by atoms with van der Waals surface area (Å²) >= 11 is 1.97. The van der Waals surface area contributed by atoms with Crippen molar-refractivity contribution in [1.82, 2.24) is 0 Å². The molecule has 0 radical (unpaired) electrons. The van der Waals surface area contributed by atoms with Gasteiger partial charge in [0.15, 0.2) is 0 Å². The van der Waals surface area contributed by atoms with Crippen molar-refractivity contribution in [2.45, 2.75) is 51.2 Å². The molecular formula is C11H20O2S. The van der Waals surface area contributed by atoms with Gasteiger partial charge in [0.2, 0.25) is 0 Å². The SMILES string of the molecule is CCC(CC)SCC1(CC(=O)O)CC1. The summed E-state index contributed by atoms with van der Waals surface area (Å²) in [6.45, 7) is 4.41. The Kier molecular flexibility index (Phi) is 4.30. The lowest BCUT2D eigenvalue weighted by Crippen LogP contribution is -2.13. The number of carboxylic acid groups (broad SMARTS) is 1. The smallest absolute Gasteiger partial charge is 0.303 e. The summed E-state index contributed by atoms with van der Waals surface area (Å²) in [5, 5.41) is 9.48. The molecule has 1 fully saturated rings. The van der Waals surface area contributed by atoms with Crippen molar-refractivity contribution >= 4 is 17.7 Å². The van der Waals surface area contributed by atoms with E-state index >= 15 is 0 Å². The minimum absolute atomic E-state index is 0.166. The third kappa shape index (κ3) is 3.52. The maximum atomic E-state index is 10.6. The van der Waals surface area contributed by atoms with Gasteiger partial charge in [-0.15, -0.1) is 0 Å². The van der Waals surface area contributed by atoms with E-state index in [-0.39, 0.29) is 5.41 Å². The molecule has 1 aliphatic rings. The van der Waals surface area contributed by atoms with Crippen molar-refractivity contribution in [3.05, 3.63) is 0 Å². The first-order chi connectivity index (χ1) is 6.62. The Hall–Kier alpha value is -0.180. The second-order valence-corrected chi connectivity index (χ2v) is 5.61. The van der Waals surface area contributed by atoms with E-state index in [9.17, 15) is 4.79 Å². The van der Waals surface area contributed by atoms with Crippen LogP contribution in [0.5, 0.6) is 0 Å². The Morgan fingerprint density at radius 1 is 1.43 bits per heavy atom. The third-order valence-electron chi connectivity index (χ3n) is 3.02. The normalized spacial score (nSPS) is 18.5. The van der Waals surface area contributed by atoms with Gasteiger partial charge in [-0.2, -0.15) is 11.8 Å². The zero-order valence-corrected chi connectivity index (χ0v) is 9.90. The average molecular weight is 216 g/mol. The fraction of sp³-hybridized carbons (Fsp3) is 0.909. The van der Waals surface area contributed by atoms with Crippen LogP contribution in [0.4, 0.5) is 0 Å². The molecule has 14 heavy (non-hydrogen) atoms. The van der Waals surface area contributed by atoms with Crippen LogP contribution in [0.25, 0.3) is 0 Å². The molecule has 0 aromatic rings. The second-order valence-electron chi connectivity index (χ2n) is 4.32. The summed E-state index contributed by atoms with van der Waals surface area (Å²) in [6, 6.07) is 0. The molecule has 0 aliphatic heterocycles. The highest BCUT2D eigenvalue weighted by Crippen LogP contribution is 2.51. The van der Waals surface area contributed by atoms with Crippen molar-refractivity contribution in [3.63, 3.8) is 0 Å². The van der Waals surface area contributed by atoms with Crippen LogP contribution in [0.2, 0.25) is 0 Å². The van der Waals surface area contributed by atoms with Crippen LogP contribution in [0.3, 0.4) is 0 Å². The summed E-state index contributed by atoms with van der Waals surface area (Å²) in [5.41, 5.74) is 0.166. The molecule has 1 rings (SSSR count). The number of carbonyl (C=O) groups is 1. The standard InChI is InChI=1S/C11H20O2S/c1-3-9(4-2)14-8-11(5-6-11)7-10(12)13/h9H,3-8H2,1-2H3,(H,12,13). The van der Waals surface area contributed by atoms with Crippen molar-refractivity contribution in [2.75, 3.05) is 5.75 Å². The monoisotopic (exact) mass is 216 g/mol. The van der Waals surface area contributed by atoms with Crippen LogP contribution in [0.15, 0.2) is 0 Å². The predicted molar refractivity (Wildman–Crippen MR) is 60.7 cm³/mol. The van der Waals surface area contributed by atoms with Crippen LogP contribution < -0.4 is 0 Å². The molecule has 2 nitrogen and oxygen atoms in total. The fourth-order valence-corrected chi connectivity index (χ4v) is 3.14. The van der Waals surface area contributed by atoms with Crippen LogP contribution >= 0.6 is 11.8 Å². The number of carboxylic acids is 1. The quantitative estimate of drug-likeness (QED) is 0.710. The zero-order valence-electron chi connectivity index (χ0n) is 9.08. The molecule has 0 saturated heterocycles. The highest BCUT2D eigenvalue weighted by Gasteiger charge is 2.44. The molecular weight excluding hydrogens is 196 g/mol. The molecule has 0 unspecified atom stereocenters. The summed E-state index contributed by atoms with van der Waals surface area (Å²) in [5.74, 6) is 0.415. The number of thioether (sulfide) groups is 1. The summed E-state index contributed by atoms with van der Waals surface area (Å²) in [4.78, 5) is 10.6. The van der Waals surface area contributed by atoms with Crippen LogP contribution in [-0.2, 0) is 4.79 Å². The molecule has 3 heteroatoms. The maximum Gasteiger partial charge on any atom is 0.303 e. The third-order valence-corrected chi connectivity index (χ3v) is 4.94. The second kappa shape index (κ2) is 5.06. The summed E-state index contributed by atoms with van der Waals surface area (Å²) in [6.07, 6.45) is 5.01. The van der Waals surface area contributed by atoms with Crippen LogP contribution in [0.1, 0.15) is 46.0 Å². The number of hydrogen-bond donors (Lipinski definition) is 1. The average Bonchev–Trinajstić information content (AvgIpc) is 2.86. The highest BCUT2D eigenvalue weighted by atomic mass is 32.2. The molecule has 1 aliphatic carbocycles. The first kappa shape index (κ1) is 11.9. The molecule has 82 valence electrons. The summed E-state index contributed by atoms with van der Waals surface area (Å²) < 4.78 is 0. The van der Waals surface area contributed by atoms with Gasteiger partial charge in [-0.1, -0.05) is 13.8 Å². The van der Waals surface area contributed by atoms with Gasteiger partial charge in [0, 0.05) is 5.25 Å².